The average molecular weight is 350 g/mol. The molecular weight excluding hydrogens is 324 g/mol. The highest BCUT2D eigenvalue weighted by Crippen LogP contribution is 2.48. The summed E-state index contributed by atoms with van der Waals surface area (Å²) in [5.41, 5.74) is 0.566. The van der Waals surface area contributed by atoms with Crippen LogP contribution in [0.4, 0.5) is 5.69 Å². The molecule has 132 valence electrons. The number of amides is 1. The molecule has 1 aromatic rings. The summed E-state index contributed by atoms with van der Waals surface area (Å²) < 4.78 is 26.6. The SMILES string of the molecule is CCN(CC)S(=O)(=O)c1cccc(NC(=O)[C@H]2C[C@H]3CC[C@H]2C3)c1. The number of fused-ring (bicyclic) bond motifs is 2. The first kappa shape index (κ1) is 17.4. The monoisotopic (exact) mass is 350 g/mol. The molecule has 0 aromatic heterocycles. The van der Waals surface area contributed by atoms with Crippen LogP contribution in [0.2, 0.25) is 0 Å². The number of nitrogens with zero attached hydrogens (tertiary/aromatic N) is 1. The Balaban J connectivity index is 1.75. The number of carbonyl (C=O) groups is 1. The maximum Gasteiger partial charge on any atom is 0.243 e. The minimum Gasteiger partial charge on any atom is -0.326 e. The van der Waals surface area contributed by atoms with Crippen molar-refractivity contribution in [2.45, 2.75) is 44.4 Å². The first-order valence-electron chi connectivity index (χ1n) is 8.86. The Morgan fingerprint density at radius 2 is 1.96 bits per heavy atom. The molecule has 24 heavy (non-hydrogen) atoms. The Hall–Kier alpha value is -1.40. The van der Waals surface area contributed by atoms with Crippen molar-refractivity contribution in [1.82, 2.24) is 4.31 Å². The molecule has 3 atom stereocenters. The Morgan fingerprint density at radius 3 is 2.54 bits per heavy atom. The molecule has 0 saturated heterocycles. The first-order chi connectivity index (χ1) is 11.5. The van der Waals surface area contributed by atoms with E-state index in [2.05, 4.69) is 5.32 Å². The summed E-state index contributed by atoms with van der Waals surface area (Å²) in [6.45, 7) is 4.50. The quantitative estimate of drug-likeness (QED) is 0.857. The van der Waals surface area contributed by atoms with Crippen LogP contribution < -0.4 is 5.32 Å². The maximum atomic E-state index is 12.6. The van der Waals surface area contributed by atoms with Gasteiger partial charge in [0.25, 0.3) is 0 Å². The van der Waals surface area contributed by atoms with Gasteiger partial charge in [-0.2, -0.15) is 4.31 Å². The van der Waals surface area contributed by atoms with Gasteiger partial charge in [0.15, 0.2) is 0 Å². The van der Waals surface area contributed by atoms with Crippen molar-refractivity contribution in [2.24, 2.45) is 17.8 Å². The van der Waals surface area contributed by atoms with Crippen molar-refractivity contribution in [3.05, 3.63) is 24.3 Å². The third kappa shape index (κ3) is 3.22. The number of nitrogens with one attached hydrogen (secondary N) is 1. The molecule has 0 heterocycles. The van der Waals surface area contributed by atoms with E-state index in [-0.39, 0.29) is 16.7 Å². The molecule has 2 fully saturated rings. The summed E-state index contributed by atoms with van der Waals surface area (Å²) in [6, 6.07) is 6.60. The molecule has 0 radical (unpaired) electrons. The van der Waals surface area contributed by atoms with E-state index in [0.717, 1.165) is 12.8 Å². The zero-order valence-electron chi connectivity index (χ0n) is 14.4. The van der Waals surface area contributed by atoms with E-state index >= 15 is 0 Å². The molecule has 2 aliphatic carbocycles. The largest absolute Gasteiger partial charge is 0.326 e. The fourth-order valence-electron chi connectivity index (χ4n) is 4.25. The normalized spacial score (nSPS) is 26.0. The van der Waals surface area contributed by atoms with Crippen LogP contribution in [0.15, 0.2) is 29.2 Å². The van der Waals surface area contributed by atoms with Crippen molar-refractivity contribution in [3.8, 4) is 0 Å². The Morgan fingerprint density at radius 1 is 1.21 bits per heavy atom. The lowest BCUT2D eigenvalue weighted by Gasteiger charge is -2.21. The highest BCUT2D eigenvalue weighted by atomic mass is 32.2. The summed E-state index contributed by atoms with van der Waals surface area (Å²) in [6.07, 6.45) is 4.56. The van der Waals surface area contributed by atoms with E-state index in [0.29, 0.717) is 30.6 Å². The highest BCUT2D eigenvalue weighted by molar-refractivity contribution is 7.89. The van der Waals surface area contributed by atoms with Gasteiger partial charge in [0.05, 0.1) is 4.90 Å². The van der Waals surface area contributed by atoms with E-state index in [1.807, 2.05) is 13.8 Å². The first-order valence-corrected chi connectivity index (χ1v) is 10.3. The molecule has 1 aromatic carbocycles. The lowest BCUT2D eigenvalue weighted by Crippen LogP contribution is -2.31. The fraction of sp³-hybridized carbons (Fsp3) is 0.611. The number of benzene rings is 1. The van der Waals surface area contributed by atoms with Gasteiger partial charge in [-0.05, 0) is 49.3 Å². The molecule has 0 aliphatic heterocycles. The molecule has 1 N–H and O–H groups in total. The highest BCUT2D eigenvalue weighted by Gasteiger charge is 2.43. The van der Waals surface area contributed by atoms with Crippen molar-refractivity contribution in [3.63, 3.8) is 0 Å². The van der Waals surface area contributed by atoms with Crippen molar-refractivity contribution in [2.75, 3.05) is 18.4 Å². The van der Waals surface area contributed by atoms with Crippen LogP contribution in [-0.4, -0.2) is 31.7 Å². The van der Waals surface area contributed by atoms with E-state index in [4.69, 9.17) is 0 Å². The second-order valence-electron chi connectivity index (χ2n) is 6.89. The smallest absolute Gasteiger partial charge is 0.243 e. The van der Waals surface area contributed by atoms with Crippen LogP contribution in [0.3, 0.4) is 0 Å². The fourth-order valence-corrected chi connectivity index (χ4v) is 5.75. The van der Waals surface area contributed by atoms with Crippen molar-refractivity contribution < 1.29 is 13.2 Å². The Kier molecular flexibility index (Phi) is 4.97. The second kappa shape index (κ2) is 6.84. The molecule has 2 aliphatic rings. The van der Waals surface area contributed by atoms with Crippen LogP contribution in [0.5, 0.6) is 0 Å². The number of carbonyl (C=O) groups excluding carboxylic acids is 1. The van der Waals surface area contributed by atoms with E-state index in [9.17, 15) is 13.2 Å². The number of hydrogen-bond acceptors (Lipinski definition) is 3. The number of anilines is 1. The predicted octanol–water partition coefficient (Wildman–Crippen LogP) is 3.09. The molecule has 2 bridgehead atoms. The third-order valence-electron chi connectivity index (χ3n) is 5.52. The summed E-state index contributed by atoms with van der Waals surface area (Å²) >= 11 is 0. The summed E-state index contributed by atoms with van der Waals surface area (Å²) in [5.74, 6) is 1.35. The summed E-state index contributed by atoms with van der Waals surface area (Å²) in [5, 5.41) is 2.93. The van der Waals surface area contributed by atoms with Gasteiger partial charge < -0.3 is 5.32 Å². The van der Waals surface area contributed by atoms with Crippen LogP contribution >= 0.6 is 0 Å². The van der Waals surface area contributed by atoms with Gasteiger partial charge in [-0.3, -0.25) is 4.79 Å². The summed E-state index contributed by atoms with van der Waals surface area (Å²) in [4.78, 5) is 12.8. The molecule has 5 nitrogen and oxygen atoms in total. The molecule has 1 amide bonds. The van der Waals surface area contributed by atoms with Crippen LogP contribution in [-0.2, 0) is 14.8 Å². The van der Waals surface area contributed by atoms with Gasteiger partial charge in [0.2, 0.25) is 15.9 Å². The number of hydrogen-bond donors (Lipinski definition) is 1. The second-order valence-corrected chi connectivity index (χ2v) is 8.83. The van der Waals surface area contributed by atoms with E-state index in [1.165, 1.54) is 17.1 Å². The van der Waals surface area contributed by atoms with E-state index < -0.39 is 10.0 Å². The standard InChI is InChI=1S/C18H26N2O3S/c1-3-20(4-2)24(22,23)16-7-5-6-15(12-16)19-18(21)17-11-13-8-9-14(17)10-13/h5-7,12-14,17H,3-4,8-11H2,1-2H3,(H,19,21)/t13-,14-,17-/m0/s1. The van der Waals surface area contributed by atoms with Gasteiger partial charge in [-0.25, -0.2) is 8.42 Å². The Labute approximate surface area is 144 Å². The molecule has 6 heteroatoms. The number of sulfonamides is 1. The molecule has 3 rings (SSSR count). The predicted molar refractivity (Wildman–Crippen MR) is 94.1 cm³/mol. The Bertz CT molecular complexity index is 713. The van der Waals surface area contributed by atoms with Crippen LogP contribution in [0.25, 0.3) is 0 Å². The van der Waals surface area contributed by atoms with Gasteiger partial charge in [0, 0.05) is 24.7 Å². The van der Waals surface area contributed by atoms with Gasteiger partial charge in [0.1, 0.15) is 0 Å². The zero-order chi connectivity index (χ0) is 17.3. The van der Waals surface area contributed by atoms with Gasteiger partial charge in [-0.1, -0.05) is 26.3 Å². The lowest BCUT2D eigenvalue weighted by atomic mass is 9.88. The minimum atomic E-state index is -3.50. The lowest BCUT2D eigenvalue weighted by molar-refractivity contribution is -0.121. The third-order valence-corrected chi connectivity index (χ3v) is 7.57. The maximum absolute atomic E-state index is 12.6. The van der Waals surface area contributed by atoms with Gasteiger partial charge in [-0.15, -0.1) is 0 Å². The molecular formula is C18H26N2O3S. The van der Waals surface area contributed by atoms with Crippen LogP contribution in [0.1, 0.15) is 39.5 Å². The zero-order valence-corrected chi connectivity index (χ0v) is 15.2. The van der Waals surface area contributed by atoms with Gasteiger partial charge >= 0.3 is 0 Å². The van der Waals surface area contributed by atoms with Crippen molar-refractivity contribution in [1.29, 1.82) is 0 Å². The molecule has 2 saturated carbocycles. The average Bonchev–Trinajstić information content (AvgIpc) is 3.19. The van der Waals surface area contributed by atoms with E-state index in [1.54, 1.807) is 24.3 Å². The minimum absolute atomic E-state index is 0.0413. The molecule has 0 spiro atoms. The topological polar surface area (TPSA) is 66.5 Å². The van der Waals surface area contributed by atoms with Crippen molar-refractivity contribution >= 4 is 21.6 Å². The number of rotatable bonds is 6. The summed E-state index contributed by atoms with van der Waals surface area (Å²) in [7, 11) is -3.50. The van der Waals surface area contributed by atoms with Crippen LogP contribution in [0, 0.1) is 17.8 Å². The molecule has 0 unspecified atom stereocenters.